The van der Waals surface area contributed by atoms with E-state index in [1.807, 2.05) is 4.98 Å². The van der Waals surface area contributed by atoms with Gasteiger partial charge in [-0.2, -0.15) is 0 Å². The number of hydrogen-bond donors (Lipinski definition) is 3. The Labute approximate surface area is 65.6 Å². The second kappa shape index (κ2) is 2.07. The Morgan fingerprint density at radius 1 is 1.08 bits per heavy atom. The van der Waals surface area contributed by atoms with E-state index in [2.05, 4.69) is 10.3 Å². The summed E-state index contributed by atoms with van der Waals surface area (Å²) in [5.74, 6) is -0.0638. The molecule has 3 N–H and O–H groups in total. The average Bonchev–Trinajstić information content (AvgIpc) is 2.29. The highest BCUT2D eigenvalue weighted by Crippen LogP contribution is 2.12. The molecule has 2 rings (SSSR count). The van der Waals surface area contributed by atoms with E-state index in [0.717, 1.165) is 0 Å². The molecule has 0 saturated heterocycles. The van der Waals surface area contributed by atoms with Crippen molar-refractivity contribution < 1.29 is 4.79 Å². The molecule has 0 saturated carbocycles. The number of carbonyl (C=O) groups is 1. The van der Waals surface area contributed by atoms with Crippen molar-refractivity contribution in [2.24, 2.45) is 0 Å². The predicted molar refractivity (Wildman–Crippen MR) is 40.0 cm³/mol. The van der Waals surface area contributed by atoms with Crippen LogP contribution in [0.2, 0.25) is 0 Å². The van der Waals surface area contributed by atoms with Crippen molar-refractivity contribution in [2.75, 3.05) is 5.32 Å². The van der Waals surface area contributed by atoms with Crippen LogP contribution in [0.4, 0.5) is 5.82 Å². The van der Waals surface area contributed by atoms with Gasteiger partial charge in [-0.25, -0.2) is 4.79 Å². The van der Waals surface area contributed by atoms with Crippen LogP contribution in [-0.4, -0.2) is 15.9 Å². The normalized spacial score (nSPS) is 14.2. The van der Waals surface area contributed by atoms with Crippen LogP contribution in [0.5, 0.6) is 0 Å². The first-order valence-corrected chi connectivity index (χ1v) is 3.32. The van der Waals surface area contributed by atoms with Crippen molar-refractivity contribution in [3.05, 3.63) is 26.4 Å². The summed E-state index contributed by atoms with van der Waals surface area (Å²) in [5, 5.41) is 2.36. The van der Waals surface area contributed by atoms with Crippen LogP contribution in [0.1, 0.15) is 5.56 Å². The minimum Gasteiger partial charge on any atom is -0.311 e. The molecule has 0 spiro atoms. The van der Waals surface area contributed by atoms with E-state index in [9.17, 15) is 14.4 Å². The van der Waals surface area contributed by atoms with E-state index >= 15 is 0 Å². The van der Waals surface area contributed by atoms with E-state index in [4.69, 9.17) is 0 Å². The summed E-state index contributed by atoms with van der Waals surface area (Å²) in [6.45, 7) is 0. The van der Waals surface area contributed by atoms with E-state index in [0.29, 0.717) is 5.56 Å². The van der Waals surface area contributed by atoms with Gasteiger partial charge in [-0.15, -0.1) is 0 Å². The number of aromatic nitrogens is 2. The van der Waals surface area contributed by atoms with Crippen LogP contribution in [-0.2, 0) is 11.2 Å². The second-order valence-electron chi connectivity index (χ2n) is 2.49. The van der Waals surface area contributed by atoms with Gasteiger partial charge in [0.05, 0.1) is 12.0 Å². The molecule has 0 aliphatic carbocycles. The summed E-state index contributed by atoms with van der Waals surface area (Å²) in [4.78, 5) is 36.8. The summed E-state index contributed by atoms with van der Waals surface area (Å²) in [6, 6.07) is 0. The first-order chi connectivity index (χ1) is 5.66. The maximum absolute atomic E-state index is 11.0. The molecule has 0 atom stereocenters. The van der Waals surface area contributed by atoms with Crippen LogP contribution >= 0.6 is 0 Å². The Hall–Kier alpha value is -1.85. The van der Waals surface area contributed by atoms with Gasteiger partial charge in [0.25, 0.3) is 5.56 Å². The summed E-state index contributed by atoms with van der Waals surface area (Å²) in [6.07, 6.45) is 0.0292. The standard InChI is InChI=1S/C6H5N3O3/c10-3-1-2-4(7-3)8-6(12)9-5(2)11/h1H2,(H3,7,8,9,10,11,12). The van der Waals surface area contributed by atoms with Gasteiger partial charge in [-0.1, -0.05) is 0 Å². The largest absolute Gasteiger partial charge is 0.327 e. The zero-order valence-electron chi connectivity index (χ0n) is 5.93. The molecule has 0 radical (unpaired) electrons. The third-order valence-corrected chi connectivity index (χ3v) is 1.64. The van der Waals surface area contributed by atoms with Crippen molar-refractivity contribution >= 4 is 11.7 Å². The highest BCUT2D eigenvalue weighted by molar-refractivity contribution is 5.97. The summed E-state index contributed by atoms with van der Waals surface area (Å²) in [5.41, 5.74) is -0.826. The van der Waals surface area contributed by atoms with Gasteiger partial charge in [-0.3, -0.25) is 19.6 Å². The van der Waals surface area contributed by atoms with E-state index in [-0.39, 0.29) is 18.1 Å². The molecule has 1 aliphatic rings. The Kier molecular flexibility index (Phi) is 1.18. The number of nitrogens with one attached hydrogen (secondary N) is 3. The van der Waals surface area contributed by atoms with Gasteiger partial charge >= 0.3 is 5.69 Å². The minimum absolute atomic E-state index is 0.0292. The number of hydrogen-bond acceptors (Lipinski definition) is 3. The molecule has 0 unspecified atom stereocenters. The van der Waals surface area contributed by atoms with E-state index in [1.54, 1.807) is 0 Å². The van der Waals surface area contributed by atoms with Crippen molar-refractivity contribution in [3.8, 4) is 0 Å². The number of carbonyl (C=O) groups excluding carboxylic acids is 1. The number of rotatable bonds is 0. The highest BCUT2D eigenvalue weighted by Gasteiger charge is 2.21. The number of H-pyrrole nitrogens is 2. The lowest BCUT2D eigenvalue weighted by molar-refractivity contribution is -0.115. The van der Waals surface area contributed by atoms with Crippen LogP contribution in [0, 0.1) is 0 Å². The first-order valence-electron chi connectivity index (χ1n) is 3.32. The Morgan fingerprint density at radius 3 is 2.58 bits per heavy atom. The lowest BCUT2D eigenvalue weighted by Gasteiger charge is -1.93. The summed E-state index contributed by atoms with van der Waals surface area (Å²) >= 11 is 0. The van der Waals surface area contributed by atoms with Gasteiger partial charge < -0.3 is 5.32 Å². The zero-order valence-corrected chi connectivity index (χ0v) is 5.93. The molecular formula is C6H5N3O3. The number of aromatic amines is 2. The van der Waals surface area contributed by atoms with Crippen molar-refractivity contribution in [3.63, 3.8) is 0 Å². The van der Waals surface area contributed by atoms with Gasteiger partial charge in [-0.05, 0) is 0 Å². The molecule has 1 amide bonds. The van der Waals surface area contributed by atoms with Gasteiger partial charge in [0.1, 0.15) is 5.82 Å². The number of anilines is 1. The minimum atomic E-state index is -0.610. The van der Waals surface area contributed by atoms with Gasteiger partial charge in [0.2, 0.25) is 5.91 Å². The highest BCUT2D eigenvalue weighted by atomic mass is 16.2. The van der Waals surface area contributed by atoms with Crippen LogP contribution in [0.25, 0.3) is 0 Å². The average molecular weight is 167 g/mol. The SMILES string of the molecule is O=C1Cc2c([nH]c(=O)[nH]c2=O)N1. The quantitative estimate of drug-likeness (QED) is 0.441. The molecule has 1 aromatic rings. The Bertz CT molecular complexity index is 456. The predicted octanol–water partition coefficient (Wildman–Crippen LogP) is -1.44. The van der Waals surface area contributed by atoms with E-state index < -0.39 is 11.2 Å². The van der Waals surface area contributed by atoms with Crippen molar-refractivity contribution in [1.82, 2.24) is 9.97 Å². The molecular weight excluding hydrogens is 162 g/mol. The third-order valence-electron chi connectivity index (χ3n) is 1.64. The first kappa shape index (κ1) is 6.84. The molecule has 0 aromatic carbocycles. The lowest BCUT2D eigenvalue weighted by Crippen LogP contribution is -2.24. The fraction of sp³-hybridized carbons (Fsp3) is 0.167. The second-order valence-corrected chi connectivity index (χ2v) is 2.49. The summed E-state index contributed by atoms with van der Waals surface area (Å²) < 4.78 is 0. The maximum Gasteiger partial charge on any atom is 0.327 e. The molecule has 1 aliphatic heterocycles. The maximum atomic E-state index is 11.0. The van der Waals surface area contributed by atoms with Crippen molar-refractivity contribution in [1.29, 1.82) is 0 Å². The van der Waals surface area contributed by atoms with Gasteiger partial charge in [0, 0.05) is 0 Å². The summed E-state index contributed by atoms with van der Waals surface area (Å²) in [7, 11) is 0. The van der Waals surface area contributed by atoms with Crippen LogP contribution in [0.15, 0.2) is 9.59 Å². The Morgan fingerprint density at radius 2 is 1.83 bits per heavy atom. The molecule has 0 fully saturated rings. The van der Waals surface area contributed by atoms with Crippen LogP contribution < -0.4 is 16.6 Å². The third kappa shape index (κ3) is 0.849. The molecule has 6 heteroatoms. The lowest BCUT2D eigenvalue weighted by atomic mass is 10.3. The molecule has 62 valence electrons. The molecule has 12 heavy (non-hydrogen) atoms. The van der Waals surface area contributed by atoms with Crippen LogP contribution in [0.3, 0.4) is 0 Å². The Balaban J connectivity index is 2.76. The fourth-order valence-corrected chi connectivity index (χ4v) is 1.13. The molecule has 6 nitrogen and oxygen atoms in total. The molecule has 0 bridgehead atoms. The fourth-order valence-electron chi connectivity index (χ4n) is 1.13. The van der Waals surface area contributed by atoms with E-state index in [1.165, 1.54) is 0 Å². The molecule has 1 aromatic heterocycles. The smallest absolute Gasteiger partial charge is 0.311 e. The monoisotopic (exact) mass is 167 g/mol. The number of fused-ring (bicyclic) bond motifs is 1. The number of amides is 1. The molecule has 2 heterocycles. The van der Waals surface area contributed by atoms with Gasteiger partial charge in [0.15, 0.2) is 0 Å². The zero-order chi connectivity index (χ0) is 8.72. The topological polar surface area (TPSA) is 94.8 Å². The van der Waals surface area contributed by atoms with Crippen molar-refractivity contribution in [2.45, 2.75) is 6.42 Å².